The van der Waals surface area contributed by atoms with Crippen LogP contribution in [0, 0.1) is 0 Å². The Bertz CT molecular complexity index is 481. The van der Waals surface area contributed by atoms with Crippen LogP contribution in [0.25, 0.3) is 0 Å². The lowest BCUT2D eigenvalue weighted by molar-refractivity contribution is 0.548. The van der Waals surface area contributed by atoms with Gasteiger partial charge in [0.05, 0.1) is 0 Å². The van der Waals surface area contributed by atoms with E-state index in [0.717, 1.165) is 6.54 Å². The van der Waals surface area contributed by atoms with Gasteiger partial charge in [-0.15, -0.1) is 0 Å². The Kier molecular flexibility index (Phi) is 9.26. The molecule has 2 aromatic rings. The van der Waals surface area contributed by atoms with Crippen LogP contribution < -0.4 is 5.73 Å². The molecule has 0 aliphatic rings. The van der Waals surface area contributed by atoms with E-state index in [1.54, 1.807) is 0 Å². The van der Waals surface area contributed by atoms with Crippen LogP contribution in [0.3, 0.4) is 0 Å². The molecule has 0 radical (unpaired) electrons. The molecule has 1 nitrogen and oxygen atoms in total. The Morgan fingerprint density at radius 2 is 0.958 bits per heavy atom. The van der Waals surface area contributed by atoms with Crippen molar-refractivity contribution < 1.29 is 0 Å². The lowest BCUT2D eigenvalue weighted by atomic mass is 9.87. The van der Waals surface area contributed by atoms with Gasteiger partial charge in [-0.2, -0.15) is 0 Å². The second-order valence-corrected chi connectivity index (χ2v) is 6.78. The summed E-state index contributed by atoms with van der Waals surface area (Å²) < 4.78 is 0. The maximum atomic E-state index is 5.53. The average molecular weight is 324 g/mol. The molecule has 0 heterocycles. The molecule has 1 heteroatoms. The van der Waals surface area contributed by atoms with Crippen LogP contribution in [0.1, 0.15) is 74.8 Å². The van der Waals surface area contributed by atoms with Crippen molar-refractivity contribution in [2.75, 3.05) is 6.54 Å². The number of rotatable bonds is 12. The van der Waals surface area contributed by atoms with Gasteiger partial charge in [0.1, 0.15) is 0 Å². The summed E-state index contributed by atoms with van der Waals surface area (Å²) in [6.45, 7) is 0.848. The Labute approximate surface area is 148 Å². The third kappa shape index (κ3) is 6.88. The molecular weight excluding hydrogens is 290 g/mol. The molecule has 0 aliphatic carbocycles. The first-order valence-electron chi connectivity index (χ1n) is 9.72. The summed E-state index contributed by atoms with van der Waals surface area (Å²) in [4.78, 5) is 0. The van der Waals surface area contributed by atoms with Gasteiger partial charge < -0.3 is 5.73 Å². The third-order valence-corrected chi connectivity index (χ3v) is 4.85. The molecule has 0 aromatic heterocycles. The van der Waals surface area contributed by atoms with Crippen molar-refractivity contribution in [1.82, 2.24) is 0 Å². The molecule has 0 spiro atoms. The molecule has 0 fully saturated rings. The van der Waals surface area contributed by atoms with Crippen LogP contribution in [0.2, 0.25) is 0 Å². The van der Waals surface area contributed by atoms with Gasteiger partial charge >= 0.3 is 0 Å². The van der Waals surface area contributed by atoms with E-state index in [0.29, 0.717) is 5.92 Å². The molecule has 0 atom stereocenters. The van der Waals surface area contributed by atoms with Crippen LogP contribution in [0.15, 0.2) is 60.7 Å². The molecule has 0 bridgehead atoms. The SMILES string of the molecule is NCCCCCCCCCCC(c1ccccc1)c1ccccc1. The van der Waals surface area contributed by atoms with Gasteiger partial charge in [0.15, 0.2) is 0 Å². The quantitative estimate of drug-likeness (QED) is 0.456. The van der Waals surface area contributed by atoms with E-state index in [1.165, 1.54) is 68.9 Å². The smallest absolute Gasteiger partial charge is 0.00893 e. The van der Waals surface area contributed by atoms with E-state index in [-0.39, 0.29) is 0 Å². The monoisotopic (exact) mass is 323 g/mol. The van der Waals surface area contributed by atoms with Crippen molar-refractivity contribution in [3.8, 4) is 0 Å². The largest absolute Gasteiger partial charge is 0.330 e. The zero-order valence-corrected chi connectivity index (χ0v) is 15.0. The highest BCUT2D eigenvalue weighted by atomic mass is 14.5. The minimum absolute atomic E-state index is 0.539. The Morgan fingerprint density at radius 3 is 1.42 bits per heavy atom. The maximum Gasteiger partial charge on any atom is 0.00893 e. The molecule has 0 unspecified atom stereocenters. The van der Waals surface area contributed by atoms with Crippen molar-refractivity contribution >= 4 is 0 Å². The number of hydrogen-bond donors (Lipinski definition) is 1. The van der Waals surface area contributed by atoms with Gasteiger partial charge in [0.2, 0.25) is 0 Å². The number of hydrogen-bond acceptors (Lipinski definition) is 1. The molecule has 130 valence electrons. The van der Waals surface area contributed by atoms with Gasteiger partial charge in [-0.05, 0) is 30.5 Å². The predicted octanol–water partition coefficient (Wildman–Crippen LogP) is 6.29. The third-order valence-electron chi connectivity index (χ3n) is 4.85. The first kappa shape index (κ1) is 18.7. The molecule has 0 saturated carbocycles. The van der Waals surface area contributed by atoms with E-state index in [2.05, 4.69) is 60.7 Å². The minimum atomic E-state index is 0.539. The van der Waals surface area contributed by atoms with E-state index in [9.17, 15) is 0 Å². The number of nitrogens with two attached hydrogens (primary N) is 1. The minimum Gasteiger partial charge on any atom is -0.330 e. The summed E-state index contributed by atoms with van der Waals surface area (Å²) in [6, 6.07) is 21.9. The highest BCUT2D eigenvalue weighted by Crippen LogP contribution is 2.29. The van der Waals surface area contributed by atoms with Gasteiger partial charge in [0.25, 0.3) is 0 Å². The second kappa shape index (κ2) is 11.9. The fraction of sp³-hybridized carbons (Fsp3) is 0.478. The lowest BCUT2D eigenvalue weighted by Gasteiger charge is -2.18. The fourth-order valence-electron chi connectivity index (χ4n) is 3.45. The highest BCUT2D eigenvalue weighted by Gasteiger charge is 2.13. The first-order chi connectivity index (χ1) is 11.9. The van der Waals surface area contributed by atoms with E-state index in [4.69, 9.17) is 5.73 Å². The summed E-state index contributed by atoms with van der Waals surface area (Å²) >= 11 is 0. The number of unbranched alkanes of at least 4 members (excludes halogenated alkanes) is 7. The normalized spacial score (nSPS) is 11.1. The van der Waals surface area contributed by atoms with Gasteiger partial charge in [-0.25, -0.2) is 0 Å². The molecule has 2 aromatic carbocycles. The van der Waals surface area contributed by atoms with E-state index >= 15 is 0 Å². The molecule has 2 N–H and O–H groups in total. The van der Waals surface area contributed by atoms with Crippen molar-refractivity contribution in [2.45, 2.75) is 63.7 Å². The van der Waals surface area contributed by atoms with Gasteiger partial charge in [-0.1, -0.05) is 106 Å². The zero-order valence-electron chi connectivity index (χ0n) is 15.0. The van der Waals surface area contributed by atoms with Crippen molar-refractivity contribution in [2.24, 2.45) is 5.73 Å². The van der Waals surface area contributed by atoms with Crippen LogP contribution >= 0.6 is 0 Å². The molecule has 2 rings (SSSR count). The van der Waals surface area contributed by atoms with Gasteiger partial charge in [-0.3, -0.25) is 0 Å². The van der Waals surface area contributed by atoms with Gasteiger partial charge in [0, 0.05) is 5.92 Å². The Morgan fingerprint density at radius 1 is 0.542 bits per heavy atom. The molecule has 0 aliphatic heterocycles. The van der Waals surface area contributed by atoms with E-state index in [1.807, 2.05) is 0 Å². The molecule has 24 heavy (non-hydrogen) atoms. The van der Waals surface area contributed by atoms with Crippen LogP contribution in [-0.4, -0.2) is 6.54 Å². The van der Waals surface area contributed by atoms with Crippen molar-refractivity contribution in [3.05, 3.63) is 71.8 Å². The van der Waals surface area contributed by atoms with Crippen molar-refractivity contribution in [1.29, 1.82) is 0 Å². The summed E-state index contributed by atoms with van der Waals surface area (Å²) in [5, 5.41) is 0. The molecular formula is C23H33N. The van der Waals surface area contributed by atoms with Crippen LogP contribution in [0.4, 0.5) is 0 Å². The zero-order chi connectivity index (χ0) is 16.9. The molecule has 0 amide bonds. The topological polar surface area (TPSA) is 26.0 Å². The Hall–Kier alpha value is -1.60. The van der Waals surface area contributed by atoms with Crippen LogP contribution in [-0.2, 0) is 0 Å². The van der Waals surface area contributed by atoms with E-state index < -0.39 is 0 Å². The average Bonchev–Trinajstić information content (AvgIpc) is 2.65. The fourth-order valence-corrected chi connectivity index (χ4v) is 3.45. The summed E-state index contributed by atoms with van der Waals surface area (Å²) in [5.74, 6) is 0.539. The summed E-state index contributed by atoms with van der Waals surface area (Å²) in [7, 11) is 0. The van der Waals surface area contributed by atoms with Crippen LogP contribution in [0.5, 0.6) is 0 Å². The van der Waals surface area contributed by atoms with Crippen molar-refractivity contribution in [3.63, 3.8) is 0 Å². The molecule has 0 saturated heterocycles. The highest BCUT2D eigenvalue weighted by molar-refractivity contribution is 5.32. The summed E-state index contributed by atoms with van der Waals surface area (Å²) in [6.07, 6.45) is 11.9. The predicted molar refractivity (Wildman–Crippen MR) is 105 cm³/mol. The lowest BCUT2D eigenvalue weighted by Crippen LogP contribution is -2.01. The Balaban J connectivity index is 1.74. The first-order valence-corrected chi connectivity index (χ1v) is 9.72. The maximum absolute atomic E-state index is 5.53. The number of benzene rings is 2. The second-order valence-electron chi connectivity index (χ2n) is 6.78. The summed E-state index contributed by atoms with van der Waals surface area (Å²) in [5.41, 5.74) is 8.43. The standard InChI is InChI=1S/C23H33N/c24-20-14-6-4-2-1-3-5-13-19-23(21-15-9-7-10-16-21)22-17-11-8-12-18-22/h7-12,15-18,23H,1-6,13-14,19-20,24H2.